The van der Waals surface area contributed by atoms with E-state index in [1.54, 1.807) is 19.1 Å². The summed E-state index contributed by atoms with van der Waals surface area (Å²) in [6.07, 6.45) is 2.05. The Hall–Kier alpha value is -1.09. The van der Waals surface area contributed by atoms with E-state index < -0.39 is 5.38 Å². The summed E-state index contributed by atoms with van der Waals surface area (Å²) in [5, 5.41) is 2.09. The largest absolute Gasteiger partial charge is 0.352 e. The highest BCUT2D eigenvalue weighted by Gasteiger charge is 2.27. The van der Waals surface area contributed by atoms with Gasteiger partial charge in [-0.3, -0.25) is 4.79 Å². The van der Waals surface area contributed by atoms with Crippen LogP contribution in [0.4, 0.5) is 4.39 Å². The Balaban J connectivity index is 2.09. The molecular formula is C12H13ClFNO. The molecule has 16 heavy (non-hydrogen) atoms. The number of rotatable bonds is 3. The first kappa shape index (κ1) is 11.4. The van der Waals surface area contributed by atoms with Crippen LogP contribution in [0.2, 0.25) is 0 Å². The van der Waals surface area contributed by atoms with Crippen LogP contribution in [-0.2, 0) is 4.79 Å². The van der Waals surface area contributed by atoms with Crippen LogP contribution in [0, 0.1) is 12.7 Å². The lowest BCUT2D eigenvalue weighted by atomic mass is 10.1. The molecule has 0 radical (unpaired) electrons. The van der Waals surface area contributed by atoms with Crippen molar-refractivity contribution in [2.24, 2.45) is 0 Å². The molecule has 86 valence electrons. The van der Waals surface area contributed by atoms with Crippen LogP contribution in [0.1, 0.15) is 29.3 Å². The Kier molecular flexibility index (Phi) is 3.15. The minimum atomic E-state index is -0.736. The quantitative estimate of drug-likeness (QED) is 0.810. The van der Waals surface area contributed by atoms with Crippen LogP contribution < -0.4 is 5.32 Å². The number of amides is 1. The highest BCUT2D eigenvalue weighted by molar-refractivity contribution is 6.30. The summed E-state index contributed by atoms with van der Waals surface area (Å²) < 4.78 is 13.0. The van der Waals surface area contributed by atoms with Crippen molar-refractivity contribution in [2.75, 3.05) is 0 Å². The molecule has 0 aliphatic heterocycles. The SMILES string of the molecule is Cc1cc(C(Cl)C(=O)NC2CC2)ccc1F. The second kappa shape index (κ2) is 4.42. The Morgan fingerprint density at radius 1 is 1.56 bits per heavy atom. The first-order chi connectivity index (χ1) is 7.58. The number of benzene rings is 1. The van der Waals surface area contributed by atoms with Gasteiger partial charge < -0.3 is 5.32 Å². The van der Waals surface area contributed by atoms with Gasteiger partial charge in [-0.15, -0.1) is 11.6 Å². The summed E-state index contributed by atoms with van der Waals surface area (Å²) >= 11 is 6.02. The minimum absolute atomic E-state index is 0.199. The van der Waals surface area contributed by atoms with Crippen molar-refractivity contribution in [3.8, 4) is 0 Å². The minimum Gasteiger partial charge on any atom is -0.352 e. The molecule has 0 bridgehead atoms. The molecule has 1 amide bonds. The highest BCUT2D eigenvalue weighted by atomic mass is 35.5. The van der Waals surface area contributed by atoms with Crippen LogP contribution in [0.3, 0.4) is 0 Å². The summed E-state index contributed by atoms with van der Waals surface area (Å²) in [7, 11) is 0. The molecule has 2 nitrogen and oxygen atoms in total. The zero-order valence-electron chi connectivity index (χ0n) is 8.97. The normalized spacial score (nSPS) is 16.9. The van der Waals surface area contributed by atoms with Crippen molar-refractivity contribution in [2.45, 2.75) is 31.2 Å². The van der Waals surface area contributed by atoms with Gasteiger partial charge in [-0.25, -0.2) is 4.39 Å². The van der Waals surface area contributed by atoms with E-state index in [4.69, 9.17) is 11.6 Å². The molecule has 1 saturated carbocycles. The predicted octanol–water partition coefficient (Wildman–Crippen LogP) is 2.69. The fraction of sp³-hybridized carbons (Fsp3) is 0.417. The number of nitrogens with one attached hydrogen (secondary N) is 1. The summed E-state index contributed by atoms with van der Waals surface area (Å²) in [5.41, 5.74) is 1.14. The van der Waals surface area contributed by atoms with Crippen molar-refractivity contribution in [3.63, 3.8) is 0 Å². The number of aryl methyl sites for hydroxylation is 1. The van der Waals surface area contributed by atoms with Crippen molar-refractivity contribution in [1.29, 1.82) is 0 Å². The van der Waals surface area contributed by atoms with E-state index in [2.05, 4.69) is 5.32 Å². The maximum absolute atomic E-state index is 13.0. The average molecular weight is 242 g/mol. The smallest absolute Gasteiger partial charge is 0.242 e. The maximum Gasteiger partial charge on any atom is 0.242 e. The third kappa shape index (κ3) is 2.53. The van der Waals surface area contributed by atoms with Gasteiger partial charge in [-0.2, -0.15) is 0 Å². The Morgan fingerprint density at radius 3 is 2.81 bits per heavy atom. The van der Waals surface area contributed by atoms with E-state index in [0.717, 1.165) is 12.8 Å². The Morgan fingerprint density at radius 2 is 2.25 bits per heavy atom. The van der Waals surface area contributed by atoms with E-state index in [0.29, 0.717) is 11.1 Å². The number of halogens is 2. The summed E-state index contributed by atoms with van der Waals surface area (Å²) in [6.45, 7) is 1.65. The van der Waals surface area contributed by atoms with Crippen molar-refractivity contribution < 1.29 is 9.18 Å². The highest BCUT2D eigenvalue weighted by Crippen LogP contribution is 2.25. The van der Waals surface area contributed by atoms with Gasteiger partial charge in [0.25, 0.3) is 0 Å². The second-order valence-electron chi connectivity index (χ2n) is 4.15. The molecular weight excluding hydrogens is 229 g/mol. The molecule has 1 N–H and O–H groups in total. The fourth-order valence-electron chi connectivity index (χ4n) is 1.48. The number of carbonyl (C=O) groups excluding carboxylic acids is 1. The Bertz CT molecular complexity index is 417. The number of alkyl halides is 1. The number of carbonyl (C=O) groups is 1. The molecule has 0 aromatic heterocycles. The van der Waals surface area contributed by atoms with Gasteiger partial charge in [-0.05, 0) is 37.0 Å². The lowest BCUT2D eigenvalue weighted by Gasteiger charge is -2.11. The molecule has 0 heterocycles. The fourth-order valence-corrected chi connectivity index (χ4v) is 1.68. The second-order valence-corrected chi connectivity index (χ2v) is 4.59. The standard InChI is InChI=1S/C12H13ClFNO/c1-7-6-8(2-5-10(7)14)11(13)12(16)15-9-3-4-9/h2,5-6,9,11H,3-4H2,1H3,(H,15,16). The van der Waals surface area contributed by atoms with Crippen molar-refractivity contribution in [1.82, 2.24) is 5.32 Å². The number of hydrogen-bond donors (Lipinski definition) is 1. The topological polar surface area (TPSA) is 29.1 Å². The van der Waals surface area contributed by atoms with Gasteiger partial charge in [0.2, 0.25) is 5.91 Å². The molecule has 1 unspecified atom stereocenters. The zero-order valence-corrected chi connectivity index (χ0v) is 9.72. The molecule has 1 aliphatic carbocycles. The van der Waals surface area contributed by atoms with E-state index in [1.165, 1.54) is 6.07 Å². The molecule has 1 fully saturated rings. The van der Waals surface area contributed by atoms with Gasteiger partial charge in [0, 0.05) is 6.04 Å². The van der Waals surface area contributed by atoms with Crippen LogP contribution in [-0.4, -0.2) is 11.9 Å². The average Bonchev–Trinajstić information content (AvgIpc) is 3.05. The predicted molar refractivity (Wildman–Crippen MR) is 60.9 cm³/mol. The van der Waals surface area contributed by atoms with Crippen LogP contribution in [0.15, 0.2) is 18.2 Å². The van der Waals surface area contributed by atoms with E-state index in [9.17, 15) is 9.18 Å². The molecule has 0 saturated heterocycles. The molecule has 0 spiro atoms. The van der Waals surface area contributed by atoms with E-state index in [1.807, 2.05) is 0 Å². The third-order valence-electron chi connectivity index (χ3n) is 2.63. The van der Waals surface area contributed by atoms with E-state index in [-0.39, 0.29) is 17.8 Å². The van der Waals surface area contributed by atoms with Gasteiger partial charge >= 0.3 is 0 Å². The molecule has 2 rings (SSSR count). The van der Waals surface area contributed by atoms with Crippen molar-refractivity contribution in [3.05, 3.63) is 35.1 Å². The first-order valence-corrected chi connectivity index (χ1v) is 5.72. The lowest BCUT2D eigenvalue weighted by molar-refractivity contribution is -0.121. The summed E-state index contributed by atoms with van der Waals surface area (Å²) in [5.74, 6) is -0.481. The zero-order chi connectivity index (χ0) is 11.7. The van der Waals surface area contributed by atoms with Gasteiger partial charge in [0.1, 0.15) is 11.2 Å². The molecule has 4 heteroatoms. The molecule has 1 atom stereocenters. The Labute approximate surface area is 98.8 Å². The monoisotopic (exact) mass is 241 g/mol. The molecule has 1 aromatic carbocycles. The molecule has 1 aromatic rings. The van der Waals surface area contributed by atoms with Gasteiger partial charge in [0.05, 0.1) is 0 Å². The summed E-state index contributed by atoms with van der Waals surface area (Å²) in [4.78, 5) is 11.7. The lowest BCUT2D eigenvalue weighted by Crippen LogP contribution is -2.28. The van der Waals surface area contributed by atoms with Crippen LogP contribution in [0.5, 0.6) is 0 Å². The molecule has 1 aliphatic rings. The van der Waals surface area contributed by atoms with E-state index >= 15 is 0 Å². The first-order valence-electron chi connectivity index (χ1n) is 5.28. The third-order valence-corrected chi connectivity index (χ3v) is 3.08. The summed E-state index contributed by atoms with van der Waals surface area (Å²) in [6, 6.07) is 4.78. The van der Waals surface area contributed by atoms with Crippen LogP contribution >= 0.6 is 11.6 Å². The van der Waals surface area contributed by atoms with Gasteiger partial charge in [0.15, 0.2) is 0 Å². The van der Waals surface area contributed by atoms with Crippen LogP contribution in [0.25, 0.3) is 0 Å². The number of hydrogen-bond acceptors (Lipinski definition) is 1. The van der Waals surface area contributed by atoms with Crippen molar-refractivity contribution >= 4 is 17.5 Å². The van der Waals surface area contributed by atoms with Gasteiger partial charge in [-0.1, -0.05) is 12.1 Å². The maximum atomic E-state index is 13.0.